The van der Waals surface area contributed by atoms with E-state index in [4.69, 9.17) is 5.73 Å². The second kappa shape index (κ2) is 7.53. The molecule has 0 fully saturated rings. The van der Waals surface area contributed by atoms with E-state index in [2.05, 4.69) is 27.3 Å². The Balaban J connectivity index is 2.22. The van der Waals surface area contributed by atoms with Crippen LogP contribution in [0.2, 0.25) is 0 Å². The molecular weight excluding hydrogens is 399 g/mol. The third-order valence-electron chi connectivity index (χ3n) is 3.29. The molecule has 114 valence electrons. The monoisotopic (exact) mass is 418 g/mol. The Hall–Kier alpha value is -0.700. The van der Waals surface area contributed by atoms with Gasteiger partial charge in [-0.15, -0.1) is 0 Å². The normalized spacial score (nSPS) is 11.9. The summed E-state index contributed by atoms with van der Waals surface area (Å²) in [5.41, 5.74) is 5.42. The Morgan fingerprint density at radius 1 is 1.00 bits per heavy atom. The zero-order valence-electron chi connectivity index (χ0n) is 11.7. The van der Waals surface area contributed by atoms with Gasteiger partial charge in [0.25, 0.3) is 0 Å². The minimum absolute atomic E-state index is 0.345. The van der Waals surface area contributed by atoms with Gasteiger partial charge in [0.2, 0.25) is 10.0 Å². The van der Waals surface area contributed by atoms with Gasteiger partial charge in [0.15, 0.2) is 0 Å². The molecule has 3 N–H and O–H groups in total. The Kier molecular flexibility index (Phi) is 5.98. The van der Waals surface area contributed by atoms with Crippen molar-refractivity contribution in [3.8, 4) is 0 Å². The lowest BCUT2D eigenvalue weighted by molar-refractivity contribution is 0.576. The van der Waals surface area contributed by atoms with Gasteiger partial charge >= 0.3 is 0 Å². The number of hydrogen-bond acceptors (Lipinski definition) is 3. The van der Waals surface area contributed by atoms with Crippen molar-refractivity contribution in [3.05, 3.63) is 40.0 Å². The Morgan fingerprint density at radius 3 is 2.48 bits per heavy atom. The number of halogens is 1. The molecular formula is C15H19IN2O2S. The SMILES string of the molecule is NCCCCCNS(=O)(=O)c1cccc2c(I)cccc12. The van der Waals surface area contributed by atoms with E-state index in [0.717, 1.165) is 33.6 Å². The van der Waals surface area contributed by atoms with Crippen molar-refractivity contribution < 1.29 is 8.42 Å². The van der Waals surface area contributed by atoms with Crippen LogP contribution in [-0.4, -0.2) is 21.5 Å². The lowest BCUT2D eigenvalue weighted by atomic mass is 10.1. The van der Waals surface area contributed by atoms with Crippen molar-refractivity contribution in [2.45, 2.75) is 24.2 Å². The smallest absolute Gasteiger partial charge is 0.241 e. The summed E-state index contributed by atoms with van der Waals surface area (Å²) in [5, 5.41) is 1.72. The molecule has 0 aromatic heterocycles. The van der Waals surface area contributed by atoms with Gasteiger partial charge in [0.1, 0.15) is 0 Å². The van der Waals surface area contributed by atoms with E-state index < -0.39 is 10.0 Å². The molecule has 0 aliphatic heterocycles. The fourth-order valence-corrected chi connectivity index (χ4v) is 4.18. The molecule has 0 amide bonds. The second-order valence-corrected chi connectivity index (χ2v) is 7.74. The number of nitrogens with one attached hydrogen (secondary N) is 1. The number of fused-ring (bicyclic) bond motifs is 1. The highest BCUT2D eigenvalue weighted by atomic mass is 127. The first-order valence-corrected chi connectivity index (χ1v) is 9.49. The van der Waals surface area contributed by atoms with Crippen LogP contribution >= 0.6 is 22.6 Å². The first kappa shape index (κ1) is 16.7. The number of nitrogens with two attached hydrogens (primary N) is 1. The Labute approximate surface area is 139 Å². The van der Waals surface area contributed by atoms with Gasteiger partial charge in [-0.3, -0.25) is 0 Å². The van der Waals surface area contributed by atoms with Gasteiger partial charge < -0.3 is 5.73 Å². The molecule has 2 aromatic carbocycles. The lowest BCUT2D eigenvalue weighted by Gasteiger charge is -2.10. The number of hydrogen-bond donors (Lipinski definition) is 2. The van der Waals surface area contributed by atoms with Crippen molar-refractivity contribution in [2.75, 3.05) is 13.1 Å². The molecule has 21 heavy (non-hydrogen) atoms. The lowest BCUT2D eigenvalue weighted by Crippen LogP contribution is -2.25. The van der Waals surface area contributed by atoms with Crippen LogP contribution in [0.25, 0.3) is 10.8 Å². The fourth-order valence-electron chi connectivity index (χ4n) is 2.21. The summed E-state index contributed by atoms with van der Waals surface area (Å²) in [6.45, 7) is 1.09. The Bertz CT molecular complexity index is 717. The first-order valence-electron chi connectivity index (χ1n) is 6.93. The summed E-state index contributed by atoms with van der Waals surface area (Å²) >= 11 is 2.22. The average molecular weight is 418 g/mol. The van der Waals surface area contributed by atoms with Crippen molar-refractivity contribution in [1.82, 2.24) is 4.72 Å². The van der Waals surface area contributed by atoms with Crippen LogP contribution in [0.5, 0.6) is 0 Å². The van der Waals surface area contributed by atoms with Crippen molar-refractivity contribution in [1.29, 1.82) is 0 Å². The van der Waals surface area contributed by atoms with Crippen molar-refractivity contribution in [3.63, 3.8) is 0 Å². The summed E-state index contributed by atoms with van der Waals surface area (Å²) in [4.78, 5) is 0.345. The summed E-state index contributed by atoms with van der Waals surface area (Å²) in [5.74, 6) is 0. The number of rotatable bonds is 7. The van der Waals surface area contributed by atoms with E-state index in [1.807, 2.05) is 24.3 Å². The van der Waals surface area contributed by atoms with Gasteiger partial charge in [0, 0.05) is 15.5 Å². The van der Waals surface area contributed by atoms with Crippen LogP contribution in [0.4, 0.5) is 0 Å². The van der Waals surface area contributed by atoms with Gasteiger partial charge in [-0.2, -0.15) is 0 Å². The van der Waals surface area contributed by atoms with E-state index in [0.29, 0.717) is 18.0 Å². The largest absolute Gasteiger partial charge is 0.330 e. The van der Waals surface area contributed by atoms with Gasteiger partial charge in [-0.25, -0.2) is 13.1 Å². The molecule has 4 nitrogen and oxygen atoms in total. The molecule has 0 bridgehead atoms. The zero-order chi connectivity index (χ0) is 15.3. The van der Waals surface area contributed by atoms with Crippen LogP contribution in [0.15, 0.2) is 41.3 Å². The third kappa shape index (κ3) is 4.15. The number of sulfonamides is 1. The molecule has 0 spiro atoms. The van der Waals surface area contributed by atoms with Crippen LogP contribution in [-0.2, 0) is 10.0 Å². The Morgan fingerprint density at radius 2 is 1.71 bits per heavy atom. The highest BCUT2D eigenvalue weighted by Gasteiger charge is 2.16. The van der Waals surface area contributed by atoms with E-state index in [-0.39, 0.29) is 0 Å². The predicted octanol–water partition coefficient (Wildman–Crippen LogP) is 2.85. The standard InChI is InChI=1S/C15H19IN2O2S/c16-14-8-4-7-13-12(14)6-5-9-15(13)21(19,20)18-11-3-1-2-10-17/h4-9,18H,1-3,10-11,17H2. The summed E-state index contributed by atoms with van der Waals surface area (Å²) in [6.07, 6.45) is 2.67. The highest BCUT2D eigenvalue weighted by molar-refractivity contribution is 14.1. The van der Waals surface area contributed by atoms with Crippen LogP contribution in [0.3, 0.4) is 0 Å². The van der Waals surface area contributed by atoms with Crippen LogP contribution < -0.4 is 10.5 Å². The maximum absolute atomic E-state index is 12.5. The minimum Gasteiger partial charge on any atom is -0.330 e. The predicted molar refractivity (Wildman–Crippen MR) is 94.8 cm³/mol. The minimum atomic E-state index is -3.48. The zero-order valence-corrected chi connectivity index (χ0v) is 14.7. The molecule has 0 aliphatic rings. The molecule has 0 aliphatic carbocycles. The van der Waals surface area contributed by atoms with Crippen molar-refractivity contribution >= 4 is 43.4 Å². The topological polar surface area (TPSA) is 72.2 Å². The number of benzene rings is 2. The molecule has 0 atom stereocenters. The van der Waals surface area contributed by atoms with Crippen LogP contribution in [0, 0.1) is 3.57 Å². The summed E-state index contributed by atoms with van der Waals surface area (Å²) in [7, 11) is -3.48. The van der Waals surface area contributed by atoms with Crippen LogP contribution in [0.1, 0.15) is 19.3 Å². The maximum Gasteiger partial charge on any atom is 0.241 e. The van der Waals surface area contributed by atoms with Gasteiger partial charge in [0.05, 0.1) is 4.90 Å². The van der Waals surface area contributed by atoms with E-state index in [9.17, 15) is 8.42 Å². The molecule has 2 rings (SSSR count). The average Bonchev–Trinajstić information content (AvgIpc) is 2.47. The third-order valence-corrected chi connectivity index (χ3v) is 5.75. The van der Waals surface area contributed by atoms with E-state index >= 15 is 0 Å². The van der Waals surface area contributed by atoms with Gasteiger partial charge in [-0.05, 0) is 59.5 Å². The fraction of sp³-hybridized carbons (Fsp3) is 0.333. The van der Waals surface area contributed by atoms with Crippen molar-refractivity contribution in [2.24, 2.45) is 5.73 Å². The maximum atomic E-state index is 12.5. The molecule has 0 heterocycles. The summed E-state index contributed by atoms with van der Waals surface area (Å²) in [6, 6.07) is 11.1. The quantitative estimate of drug-likeness (QED) is 0.537. The highest BCUT2D eigenvalue weighted by Crippen LogP contribution is 2.26. The molecule has 0 unspecified atom stereocenters. The molecule has 6 heteroatoms. The molecule has 0 saturated heterocycles. The number of unbranched alkanes of at least 4 members (excludes halogenated alkanes) is 2. The first-order chi connectivity index (χ1) is 10.1. The molecule has 2 aromatic rings. The molecule has 0 saturated carbocycles. The molecule has 0 radical (unpaired) electrons. The summed E-state index contributed by atoms with van der Waals surface area (Å²) < 4.78 is 28.6. The second-order valence-electron chi connectivity index (χ2n) is 4.84. The van der Waals surface area contributed by atoms with E-state index in [1.165, 1.54) is 0 Å². The van der Waals surface area contributed by atoms with E-state index in [1.54, 1.807) is 12.1 Å². The van der Waals surface area contributed by atoms with Gasteiger partial charge in [-0.1, -0.05) is 30.7 Å².